The third kappa shape index (κ3) is 5.42. The van der Waals surface area contributed by atoms with Crippen molar-refractivity contribution in [3.05, 3.63) is 69.8 Å². The molecular weight excluding hydrogens is 436 g/mol. The Morgan fingerprint density at radius 1 is 1.06 bits per heavy atom. The summed E-state index contributed by atoms with van der Waals surface area (Å²) in [5.41, 5.74) is 3.58. The SMILES string of the molecule is Cc1ccc(-n2c(C(C)N(CC(C)C)C(=O)NC3CCCCC3)nc3ccccc3c2=O)cc1C. The fourth-order valence-corrected chi connectivity index (χ4v) is 5.00. The van der Waals surface area contributed by atoms with Crippen LogP contribution in [-0.2, 0) is 0 Å². The number of para-hydroxylation sites is 1. The van der Waals surface area contributed by atoms with E-state index in [0.717, 1.165) is 36.9 Å². The highest BCUT2D eigenvalue weighted by Gasteiger charge is 2.29. The Hall–Kier alpha value is -3.15. The second-order valence-corrected chi connectivity index (χ2v) is 10.4. The third-order valence-corrected chi connectivity index (χ3v) is 7.15. The fourth-order valence-electron chi connectivity index (χ4n) is 5.00. The zero-order valence-electron chi connectivity index (χ0n) is 21.7. The van der Waals surface area contributed by atoms with Gasteiger partial charge < -0.3 is 10.2 Å². The monoisotopic (exact) mass is 474 g/mol. The highest BCUT2D eigenvalue weighted by atomic mass is 16.2. The summed E-state index contributed by atoms with van der Waals surface area (Å²) in [5, 5.41) is 3.85. The molecular formula is C29H38N4O2. The van der Waals surface area contributed by atoms with Gasteiger partial charge in [0, 0.05) is 12.6 Å². The predicted molar refractivity (Wildman–Crippen MR) is 142 cm³/mol. The van der Waals surface area contributed by atoms with E-state index in [1.165, 1.54) is 12.0 Å². The van der Waals surface area contributed by atoms with Gasteiger partial charge in [-0.05, 0) is 74.9 Å². The molecule has 1 fully saturated rings. The fraction of sp³-hybridized carbons (Fsp3) is 0.483. The molecule has 1 aliphatic carbocycles. The highest BCUT2D eigenvalue weighted by Crippen LogP contribution is 2.26. The second kappa shape index (κ2) is 10.6. The molecule has 1 aromatic heterocycles. The maximum atomic E-state index is 13.8. The summed E-state index contributed by atoms with van der Waals surface area (Å²) in [6, 6.07) is 13.2. The average molecular weight is 475 g/mol. The molecule has 6 nitrogen and oxygen atoms in total. The number of nitrogens with one attached hydrogen (secondary N) is 1. The van der Waals surface area contributed by atoms with Gasteiger partial charge in [-0.25, -0.2) is 9.78 Å². The minimum absolute atomic E-state index is 0.0767. The smallest absolute Gasteiger partial charge is 0.318 e. The van der Waals surface area contributed by atoms with Gasteiger partial charge >= 0.3 is 6.03 Å². The summed E-state index contributed by atoms with van der Waals surface area (Å²) in [7, 11) is 0. The predicted octanol–water partition coefficient (Wildman–Crippen LogP) is 6.06. The molecule has 2 aromatic carbocycles. The van der Waals surface area contributed by atoms with E-state index >= 15 is 0 Å². The number of benzene rings is 2. The molecule has 35 heavy (non-hydrogen) atoms. The van der Waals surface area contributed by atoms with Gasteiger partial charge in [0.05, 0.1) is 22.6 Å². The number of hydrogen-bond acceptors (Lipinski definition) is 3. The first-order valence-corrected chi connectivity index (χ1v) is 12.9. The van der Waals surface area contributed by atoms with Crippen molar-refractivity contribution in [2.45, 2.75) is 78.8 Å². The van der Waals surface area contributed by atoms with Crippen molar-refractivity contribution >= 4 is 16.9 Å². The maximum Gasteiger partial charge on any atom is 0.318 e. The van der Waals surface area contributed by atoms with Gasteiger partial charge in [-0.15, -0.1) is 0 Å². The lowest BCUT2D eigenvalue weighted by Crippen LogP contribution is -2.48. The van der Waals surface area contributed by atoms with Gasteiger partial charge in [0.2, 0.25) is 0 Å². The summed E-state index contributed by atoms with van der Waals surface area (Å²) in [6.07, 6.45) is 5.60. The number of hydrogen-bond donors (Lipinski definition) is 1. The zero-order valence-corrected chi connectivity index (χ0v) is 21.7. The molecule has 0 aliphatic heterocycles. The number of rotatable bonds is 6. The maximum absolute atomic E-state index is 13.8. The summed E-state index contributed by atoms with van der Waals surface area (Å²) in [5.74, 6) is 0.855. The minimum Gasteiger partial charge on any atom is -0.335 e. The van der Waals surface area contributed by atoms with Crippen molar-refractivity contribution in [1.29, 1.82) is 0 Å². The molecule has 1 atom stereocenters. The Morgan fingerprint density at radius 2 is 1.77 bits per heavy atom. The lowest BCUT2D eigenvalue weighted by atomic mass is 9.96. The molecule has 0 spiro atoms. The molecule has 1 unspecified atom stereocenters. The first-order valence-electron chi connectivity index (χ1n) is 12.9. The van der Waals surface area contributed by atoms with Gasteiger partial charge in [-0.2, -0.15) is 0 Å². The first kappa shape index (κ1) is 25.0. The molecule has 4 rings (SSSR count). The molecule has 0 bridgehead atoms. The van der Waals surface area contributed by atoms with E-state index in [4.69, 9.17) is 4.98 Å². The van der Waals surface area contributed by atoms with Crippen molar-refractivity contribution in [3.63, 3.8) is 0 Å². The Labute approximate surface area is 208 Å². The molecule has 1 aliphatic rings. The van der Waals surface area contributed by atoms with Gasteiger partial charge in [0.1, 0.15) is 5.82 Å². The molecule has 0 radical (unpaired) electrons. The van der Waals surface area contributed by atoms with Crippen molar-refractivity contribution in [2.24, 2.45) is 5.92 Å². The van der Waals surface area contributed by atoms with Crippen LogP contribution in [0.25, 0.3) is 16.6 Å². The standard InChI is InChI=1S/C29H38N4O2/c1-19(2)18-32(29(35)30-23-11-7-6-8-12-23)22(5)27-31-26-14-10-9-13-25(26)28(34)33(27)24-16-15-20(3)21(4)17-24/h9-10,13-17,19,22-23H,6-8,11-12,18H2,1-5H3,(H,30,35). The van der Waals surface area contributed by atoms with Crippen LogP contribution in [0.5, 0.6) is 0 Å². The second-order valence-electron chi connectivity index (χ2n) is 10.4. The number of amides is 2. The van der Waals surface area contributed by atoms with Crippen molar-refractivity contribution < 1.29 is 4.79 Å². The van der Waals surface area contributed by atoms with Crippen LogP contribution in [0.1, 0.15) is 75.9 Å². The van der Waals surface area contributed by atoms with E-state index in [0.29, 0.717) is 23.3 Å². The van der Waals surface area contributed by atoms with Gasteiger partial charge in [-0.1, -0.05) is 51.3 Å². The number of carbonyl (C=O) groups excluding carboxylic acids is 1. The Morgan fingerprint density at radius 3 is 2.46 bits per heavy atom. The summed E-state index contributed by atoms with van der Waals surface area (Å²) >= 11 is 0. The number of aromatic nitrogens is 2. The molecule has 6 heteroatoms. The lowest BCUT2D eigenvalue weighted by Gasteiger charge is -2.34. The van der Waals surface area contributed by atoms with Crippen LogP contribution < -0.4 is 10.9 Å². The Bertz CT molecular complexity index is 1260. The normalized spacial score (nSPS) is 15.4. The quantitative estimate of drug-likeness (QED) is 0.472. The number of fused-ring (bicyclic) bond motifs is 1. The van der Waals surface area contributed by atoms with E-state index in [1.807, 2.05) is 61.2 Å². The Balaban J connectivity index is 1.82. The van der Waals surface area contributed by atoms with Gasteiger partial charge in [0.15, 0.2) is 0 Å². The topological polar surface area (TPSA) is 67.2 Å². The Kier molecular flexibility index (Phi) is 7.58. The van der Waals surface area contributed by atoms with Crippen molar-refractivity contribution in [1.82, 2.24) is 19.8 Å². The highest BCUT2D eigenvalue weighted by molar-refractivity contribution is 5.78. The average Bonchev–Trinajstić information content (AvgIpc) is 2.84. The molecule has 3 aromatic rings. The van der Waals surface area contributed by atoms with Gasteiger partial charge in [-0.3, -0.25) is 9.36 Å². The lowest BCUT2D eigenvalue weighted by molar-refractivity contribution is 0.160. The molecule has 2 amide bonds. The molecule has 186 valence electrons. The molecule has 1 heterocycles. The summed E-state index contributed by atoms with van der Waals surface area (Å²) in [4.78, 5) is 34.2. The van der Waals surface area contributed by atoms with E-state index in [9.17, 15) is 9.59 Å². The van der Waals surface area contributed by atoms with Crippen LogP contribution >= 0.6 is 0 Å². The third-order valence-electron chi connectivity index (χ3n) is 7.15. The number of nitrogens with zero attached hydrogens (tertiary/aromatic N) is 3. The first-order chi connectivity index (χ1) is 16.8. The van der Waals surface area contributed by atoms with Crippen LogP contribution in [0.15, 0.2) is 47.3 Å². The number of carbonyl (C=O) groups is 1. The number of urea groups is 1. The zero-order chi connectivity index (χ0) is 25.1. The van der Waals surface area contributed by atoms with Crippen LogP contribution in [0, 0.1) is 19.8 Å². The van der Waals surface area contributed by atoms with Crippen molar-refractivity contribution in [3.8, 4) is 5.69 Å². The summed E-state index contributed by atoms with van der Waals surface area (Å²) in [6.45, 7) is 10.9. The van der Waals surface area contributed by atoms with Gasteiger partial charge in [0.25, 0.3) is 5.56 Å². The number of aryl methyl sites for hydroxylation is 2. The van der Waals surface area contributed by atoms with E-state index in [2.05, 4.69) is 26.1 Å². The van der Waals surface area contributed by atoms with Crippen LogP contribution in [0.4, 0.5) is 4.79 Å². The molecule has 1 N–H and O–H groups in total. The van der Waals surface area contributed by atoms with Crippen LogP contribution in [0.2, 0.25) is 0 Å². The van der Waals surface area contributed by atoms with Crippen LogP contribution in [0.3, 0.4) is 0 Å². The minimum atomic E-state index is -0.389. The van der Waals surface area contributed by atoms with Crippen LogP contribution in [-0.4, -0.2) is 33.1 Å². The largest absolute Gasteiger partial charge is 0.335 e. The van der Waals surface area contributed by atoms with Crippen molar-refractivity contribution in [2.75, 3.05) is 6.54 Å². The molecule has 1 saturated carbocycles. The molecule has 0 saturated heterocycles. The van der Waals surface area contributed by atoms with E-state index < -0.39 is 0 Å². The van der Waals surface area contributed by atoms with E-state index in [1.54, 1.807) is 4.57 Å². The van der Waals surface area contributed by atoms with E-state index in [-0.39, 0.29) is 29.6 Å². The summed E-state index contributed by atoms with van der Waals surface area (Å²) < 4.78 is 1.70.